The molecule has 0 aliphatic heterocycles. The van der Waals surface area contributed by atoms with Crippen LogP contribution in [0.3, 0.4) is 0 Å². The molecule has 0 saturated carbocycles. The molecule has 7 rings (SSSR count). The topological polar surface area (TPSA) is 3.24 Å². The van der Waals surface area contributed by atoms with Gasteiger partial charge in [0.05, 0.1) is 0 Å². The van der Waals surface area contributed by atoms with Gasteiger partial charge in [0.25, 0.3) is 0 Å². The zero-order valence-corrected chi connectivity index (χ0v) is 29.8. The van der Waals surface area contributed by atoms with Crippen LogP contribution in [0.15, 0.2) is 152 Å². The molecule has 0 spiro atoms. The number of aryl methyl sites for hydroxylation is 2. The van der Waals surface area contributed by atoms with Crippen LogP contribution in [0.25, 0.3) is 33.4 Å². The Morgan fingerprint density at radius 2 is 1.43 bits per heavy atom. The fourth-order valence-electron chi connectivity index (χ4n) is 8.22. The van der Waals surface area contributed by atoms with Gasteiger partial charge in [-0.1, -0.05) is 143 Å². The number of hydrogen-bond donors (Lipinski definition) is 0. The predicted molar refractivity (Wildman–Crippen MR) is 212 cm³/mol. The lowest BCUT2D eigenvalue weighted by Gasteiger charge is -2.44. The van der Waals surface area contributed by atoms with E-state index >= 15 is 0 Å². The zero-order chi connectivity index (χ0) is 34.3. The van der Waals surface area contributed by atoms with E-state index in [4.69, 9.17) is 0 Å². The molecule has 5 aromatic carbocycles. The average molecular weight is 638 g/mol. The summed E-state index contributed by atoms with van der Waals surface area (Å²) in [6.07, 6.45) is 10.8. The number of fused-ring (bicyclic) bond motifs is 3. The normalized spacial score (nSPS) is 17.7. The highest BCUT2D eigenvalue weighted by atomic mass is 15.2. The van der Waals surface area contributed by atoms with Crippen LogP contribution >= 0.6 is 0 Å². The molecule has 2 aliphatic carbocycles. The van der Waals surface area contributed by atoms with Crippen LogP contribution in [0, 0.1) is 12.3 Å². The third-order valence-electron chi connectivity index (χ3n) is 11.3. The minimum atomic E-state index is -0.0345. The number of anilines is 2. The minimum Gasteiger partial charge on any atom is -0.314 e. The first-order valence-electron chi connectivity index (χ1n) is 17.7. The molecule has 0 N–H and O–H groups in total. The van der Waals surface area contributed by atoms with Gasteiger partial charge in [0, 0.05) is 27.9 Å². The summed E-state index contributed by atoms with van der Waals surface area (Å²) < 4.78 is 0. The van der Waals surface area contributed by atoms with Crippen molar-refractivity contribution in [2.75, 3.05) is 4.90 Å². The van der Waals surface area contributed by atoms with E-state index in [1.807, 2.05) is 6.92 Å². The number of allylic oxidation sites excluding steroid dienone is 7. The van der Waals surface area contributed by atoms with Crippen LogP contribution in [0.5, 0.6) is 0 Å². The monoisotopic (exact) mass is 637 g/mol. The van der Waals surface area contributed by atoms with Crippen LogP contribution in [-0.2, 0) is 11.8 Å². The first kappa shape index (κ1) is 32.4. The lowest BCUT2D eigenvalue weighted by Crippen LogP contribution is -2.38. The van der Waals surface area contributed by atoms with E-state index in [2.05, 4.69) is 186 Å². The molecule has 0 unspecified atom stereocenters. The third kappa shape index (κ3) is 5.52. The first-order chi connectivity index (χ1) is 23.7. The van der Waals surface area contributed by atoms with Crippen molar-refractivity contribution in [3.63, 3.8) is 0 Å². The van der Waals surface area contributed by atoms with Crippen LogP contribution in [0.2, 0.25) is 0 Å². The number of hydrogen-bond acceptors (Lipinski definition) is 1. The molecular formula is C48H47N. The molecule has 0 radical (unpaired) electrons. The Morgan fingerprint density at radius 3 is 2.14 bits per heavy atom. The molecule has 49 heavy (non-hydrogen) atoms. The van der Waals surface area contributed by atoms with Gasteiger partial charge in [-0.05, 0) is 118 Å². The molecular weight excluding hydrogens is 591 g/mol. The number of rotatable bonds is 8. The quantitative estimate of drug-likeness (QED) is 0.153. The summed E-state index contributed by atoms with van der Waals surface area (Å²) >= 11 is 0. The summed E-state index contributed by atoms with van der Waals surface area (Å²) in [5, 5.41) is 0. The van der Waals surface area contributed by atoms with E-state index in [9.17, 15) is 0 Å². The zero-order valence-electron chi connectivity index (χ0n) is 29.8. The molecule has 0 saturated heterocycles. The second-order valence-corrected chi connectivity index (χ2v) is 14.4. The van der Waals surface area contributed by atoms with Gasteiger partial charge in [-0.3, -0.25) is 0 Å². The summed E-state index contributed by atoms with van der Waals surface area (Å²) in [6, 6.07) is 42.6. The SMILES string of the molecule is C=C(/C=C\C)c1ccc(-c2ccc(N(C3=CC=C4c5ccccc5C(C)(C)[C@@]4(C)C3)c3ccc(-c4ccccc4)c(C)c3)cc2)cc1CC. The molecule has 244 valence electrons. The molecule has 2 aliphatic rings. The summed E-state index contributed by atoms with van der Waals surface area (Å²) in [6.45, 7) is 18.1. The van der Waals surface area contributed by atoms with Crippen LogP contribution < -0.4 is 4.90 Å². The molecule has 1 atom stereocenters. The fraction of sp³-hybridized carbons (Fsp3) is 0.208. The number of nitrogens with zero attached hydrogens (tertiary/aromatic N) is 1. The summed E-state index contributed by atoms with van der Waals surface area (Å²) in [7, 11) is 0. The Morgan fingerprint density at radius 1 is 0.735 bits per heavy atom. The second-order valence-electron chi connectivity index (χ2n) is 14.4. The standard InChI is InChI=1S/C48H47N/c1-8-15-33(3)42-27-22-38(31-35(42)9-2)36-20-23-39(24-21-36)49(40-25-28-43(34(4)30-40)37-16-11-10-12-17-37)41-26-29-46-44-18-13-14-19-45(44)47(5,6)48(46,7)32-41/h8,10-31H,3,9,32H2,1-2,4-7H3/b15-8-/t48-/m0/s1. The van der Waals surface area contributed by atoms with Crippen molar-refractivity contribution in [2.24, 2.45) is 5.41 Å². The van der Waals surface area contributed by atoms with Gasteiger partial charge < -0.3 is 4.90 Å². The van der Waals surface area contributed by atoms with Gasteiger partial charge in [0.2, 0.25) is 0 Å². The molecule has 1 heteroatoms. The van der Waals surface area contributed by atoms with E-state index in [1.165, 1.54) is 72.7 Å². The van der Waals surface area contributed by atoms with Crippen molar-refractivity contribution in [1.82, 2.24) is 0 Å². The van der Waals surface area contributed by atoms with E-state index in [1.54, 1.807) is 0 Å². The van der Waals surface area contributed by atoms with Crippen molar-refractivity contribution >= 4 is 22.5 Å². The molecule has 0 heterocycles. The maximum atomic E-state index is 4.30. The molecule has 0 aromatic heterocycles. The van der Waals surface area contributed by atoms with Gasteiger partial charge >= 0.3 is 0 Å². The van der Waals surface area contributed by atoms with Gasteiger partial charge in [0.15, 0.2) is 0 Å². The Hall–Kier alpha value is -5.14. The molecule has 0 fully saturated rings. The van der Waals surface area contributed by atoms with Crippen molar-refractivity contribution in [3.8, 4) is 22.3 Å². The molecule has 0 bridgehead atoms. The van der Waals surface area contributed by atoms with Crippen molar-refractivity contribution in [1.29, 1.82) is 0 Å². The lowest BCUT2D eigenvalue weighted by molar-refractivity contribution is 0.264. The highest BCUT2D eigenvalue weighted by molar-refractivity contribution is 5.85. The fourth-order valence-corrected chi connectivity index (χ4v) is 8.22. The summed E-state index contributed by atoms with van der Waals surface area (Å²) in [5.74, 6) is 0. The maximum absolute atomic E-state index is 4.30. The second kappa shape index (κ2) is 12.7. The third-order valence-corrected chi connectivity index (χ3v) is 11.3. The van der Waals surface area contributed by atoms with Crippen LogP contribution in [0.4, 0.5) is 11.4 Å². The average Bonchev–Trinajstić information content (AvgIpc) is 3.30. The van der Waals surface area contributed by atoms with Crippen LogP contribution in [-0.4, -0.2) is 0 Å². The summed E-state index contributed by atoms with van der Waals surface area (Å²) in [4.78, 5) is 2.49. The molecule has 1 nitrogen and oxygen atoms in total. The summed E-state index contributed by atoms with van der Waals surface area (Å²) in [5.41, 5.74) is 17.8. The smallest absolute Gasteiger partial charge is 0.0461 e. The minimum absolute atomic E-state index is 0.00107. The predicted octanol–water partition coefficient (Wildman–Crippen LogP) is 13.3. The van der Waals surface area contributed by atoms with Gasteiger partial charge in [-0.15, -0.1) is 0 Å². The first-order valence-corrected chi connectivity index (χ1v) is 17.7. The highest BCUT2D eigenvalue weighted by Gasteiger charge is 2.53. The maximum Gasteiger partial charge on any atom is 0.0461 e. The van der Waals surface area contributed by atoms with E-state index in [0.29, 0.717) is 0 Å². The largest absolute Gasteiger partial charge is 0.314 e. The van der Waals surface area contributed by atoms with Gasteiger partial charge in [-0.2, -0.15) is 0 Å². The Balaban J connectivity index is 1.31. The van der Waals surface area contributed by atoms with E-state index in [0.717, 1.165) is 18.4 Å². The highest BCUT2D eigenvalue weighted by Crippen LogP contribution is 2.62. The lowest BCUT2D eigenvalue weighted by atomic mass is 9.62. The Kier molecular flexibility index (Phi) is 8.41. The van der Waals surface area contributed by atoms with Gasteiger partial charge in [-0.25, -0.2) is 0 Å². The van der Waals surface area contributed by atoms with E-state index in [-0.39, 0.29) is 10.8 Å². The van der Waals surface area contributed by atoms with Gasteiger partial charge in [0.1, 0.15) is 0 Å². The molecule has 0 amide bonds. The van der Waals surface area contributed by atoms with Crippen molar-refractivity contribution in [2.45, 2.75) is 59.8 Å². The molecule has 5 aromatic rings. The van der Waals surface area contributed by atoms with Crippen molar-refractivity contribution < 1.29 is 0 Å². The Labute approximate surface area is 293 Å². The van der Waals surface area contributed by atoms with E-state index < -0.39 is 0 Å². The van der Waals surface area contributed by atoms with Crippen LogP contribution in [0.1, 0.15) is 68.9 Å². The van der Waals surface area contributed by atoms with Crippen molar-refractivity contribution in [3.05, 3.63) is 180 Å². The Bertz CT molecular complexity index is 2140. The number of benzene rings is 5.